The number of hydrogen-bond donors (Lipinski definition) is 1. The zero-order valence-electron chi connectivity index (χ0n) is 11.3. The highest BCUT2D eigenvalue weighted by atomic mass is 14.9. The van der Waals surface area contributed by atoms with Gasteiger partial charge in [0.25, 0.3) is 0 Å². The lowest BCUT2D eigenvalue weighted by molar-refractivity contribution is 0.249. The van der Waals surface area contributed by atoms with Gasteiger partial charge in [-0.05, 0) is 62.1 Å². The van der Waals surface area contributed by atoms with Crippen molar-refractivity contribution in [3.8, 4) is 0 Å². The summed E-state index contributed by atoms with van der Waals surface area (Å²) >= 11 is 0. The molecule has 0 spiro atoms. The van der Waals surface area contributed by atoms with Crippen LogP contribution in [0, 0.1) is 11.8 Å². The zero-order chi connectivity index (χ0) is 12.4. The molecular weight excluding hydrogens is 220 g/mol. The van der Waals surface area contributed by atoms with Crippen molar-refractivity contribution in [1.82, 2.24) is 10.3 Å². The first-order valence-electron chi connectivity index (χ1n) is 7.49. The van der Waals surface area contributed by atoms with E-state index in [4.69, 9.17) is 0 Å². The van der Waals surface area contributed by atoms with Gasteiger partial charge in [0.05, 0.1) is 0 Å². The molecule has 0 bridgehead atoms. The fourth-order valence-electron chi connectivity index (χ4n) is 3.48. The van der Waals surface area contributed by atoms with Gasteiger partial charge in [-0.25, -0.2) is 0 Å². The Morgan fingerprint density at radius 1 is 1.11 bits per heavy atom. The summed E-state index contributed by atoms with van der Waals surface area (Å²) in [5.41, 5.74) is 1.36. The van der Waals surface area contributed by atoms with Gasteiger partial charge in [-0.2, -0.15) is 0 Å². The number of nitrogens with zero attached hydrogens (tertiary/aromatic N) is 1. The first kappa shape index (κ1) is 12.2. The van der Waals surface area contributed by atoms with Crippen molar-refractivity contribution in [3.05, 3.63) is 30.1 Å². The van der Waals surface area contributed by atoms with Crippen molar-refractivity contribution in [2.75, 3.05) is 0 Å². The van der Waals surface area contributed by atoms with Crippen LogP contribution in [-0.4, -0.2) is 11.0 Å². The van der Waals surface area contributed by atoms with Gasteiger partial charge in [0.15, 0.2) is 0 Å². The smallest absolute Gasteiger partial charge is 0.0295 e. The summed E-state index contributed by atoms with van der Waals surface area (Å²) in [6.07, 6.45) is 12.4. The van der Waals surface area contributed by atoms with Crippen molar-refractivity contribution >= 4 is 0 Å². The van der Waals surface area contributed by atoms with Crippen molar-refractivity contribution in [2.45, 2.75) is 57.5 Å². The van der Waals surface area contributed by atoms with Crippen LogP contribution in [0.4, 0.5) is 0 Å². The number of hydrogen-bond acceptors (Lipinski definition) is 2. The molecule has 98 valence electrons. The minimum atomic E-state index is 0.455. The molecule has 2 nitrogen and oxygen atoms in total. The van der Waals surface area contributed by atoms with Gasteiger partial charge >= 0.3 is 0 Å². The Hall–Kier alpha value is -0.890. The molecule has 1 heterocycles. The van der Waals surface area contributed by atoms with Crippen LogP contribution in [-0.2, 0) is 0 Å². The Morgan fingerprint density at radius 2 is 1.89 bits per heavy atom. The second-order valence-corrected chi connectivity index (χ2v) is 6.13. The van der Waals surface area contributed by atoms with E-state index in [0.29, 0.717) is 6.04 Å². The lowest BCUT2D eigenvalue weighted by Gasteiger charge is -2.32. The van der Waals surface area contributed by atoms with E-state index >= 15 is 0 Å². The van der Waals surface area contributed by atoms with Crippen LogP contribution in [0.1, 0.15) is 57.1 Å². The van der Waals surface area contributed by atoms with Crippen LogP contribution in [0.2, 0.25) is 0 Å². The minimum absolute atomic E-state index is 0.455. The summed E-state index contributed by atoms with van der Waals surface area (Å²) in [6.45, 7) is 2.27. The van der Waals surface area contributed by atoms with E-state index in [2.05, 4.69) is 29.4 Å². The van der Waals surface area contributed by atoms with E-state index in [9.17, 15) is 0 Å². The standard InChI is InChI=1S/C16H24N2/c1-12(13-7-9-17-10-8-13)18-16-4-2-3-15(11-16)14-5-6-14/h7-10,12,14-16,18H,2-6,11H2,1H3. The van der Waals surface area contributed by atoms with Crippen LogP contribution >= 0.6 is 0 Å². The normalized spacial score (nSPS) is 30.1. The fourth-order valence-corrected chi connectivity index (χ4v) is 3.48. The van der Waals surface area contributed by atoms with Crippen molar-refractivity contribution < 1.29 is 0 Å². The highest BCUT2D eigenvalue weighted by molar-refractivity contribution is 5.14. The molecule has 18 heavy (non-hydrogen) atoms. The summed E-state index contributed by atoms with van der Waals surface area (Å²) in [6, 6.07) is 5.43. The first-order chi connectivity index (χ1) is 8.83. The third kappa shape index (κ3) is 2.92. The van der Waals surface area contributed by atoms with Gasteiger partial charge in [-0.1, -0.05) is 12.8 Å². The third-order valence-electron chi connectivity index (χ3n) is 4.70. The molecule has 0 radical (unpaired) electrons. The molecule has 0 aliphatic heterocycles. The van der Waals surface area contributed by atoms with Crippen LogP contribution in [0.3, 0.4) is 0 Å². The molecule has 2 heteroatoms. The maximum atomic E-state index is 4.09. The molecule has 2 saturated carbocycles. The summed E-state index contributed by atoms with van der Waals surface area (Å²) in [5.74, 6) is 2.09. The van der Waals surface area contributed by atoms with Crippen molar-refractivity contribution in [1.29, 1.82) is 0 Å². The second-order valence-electron chi connectivity index (χ2n) is 6.13. The predicted molar refractivity (Wildman–Crippen MR) is 74.3 cm³/mol. The highest BCUT2D eigenvalue weighted by Gasteiger charge is 2.34. The number of pyridine rings is 1. The Balaban J connectivity index is 1.55. The van der Waals surface area contributed by atoms with Gasteiger partial charge in [-0.3, -0.25) is 4.98 Å². The first-order valence-corrected chi connectivity index (χ1v) is 7.49. The van der Waals surface area contributed by atoms with Gasteiger partial charge < -0.3 is 5.32 Å². The van der Waals surface area contributed by atoms with E-state index in [0.717, 1.165) is 17.9 Å². The van der Waals surface area contributed by atoms with Crippen molar-refractivity contribution in [2.24, 2.45) is 11.8 Å². The fraction of sp³-hybridized carbons (Fsp3) is 0.688. The Morgan fingerprint density at radius 3 is 2.61 bits per heavy atom. The summed E-state index contributed by atoms with van der Waals surface area (Å²) in [7, 11) is 0. The van der Waals surface area contributed by atoms with E-state index in [1.165, 1.54) is 44.1 Å². The van der Waals surface area contributed by atoms with E-state index in [1.54, 1.807) is 0 Å². The SMILES string of the molecule is CC(NC1CCCC(C2CC2)C1)c1ccncc1. The quantitative estimate of drug-likeness (QED) is 0.873. The monoisotopic (exact) mass is 244 g/mol. The predicted octanol–water partition coefficient (Wildman–Crippen LogP) is 3.70. The zero-order valence-corrected chi connectivity index (χ0v) is 11.3. The molecule has 2 aliphatic rings. The average molecular weight is 244 g/mol. The molecule has 0 saturated heterocycles. The average Bonchev–Trinajstić information content (AvgIpc) is 3.24. The number of nitrogens with one attached hydrogen (secondary N) is 1. The second kappa shape index (κ2) is 5.40. The molecule has 3 unspecified atom stereocenters. The maximum absolute atomic E-state index is 4.09. The van der Waals surface area contributed by atoms with Crippen LogP contribution < -0.4 is 5.32 Å². The highest BCUT2D eigenvalue weighted by Crippen LogP contribution is 2.44. The molecule has 2 aliphatic carbocycles. The number of rotatable bonds is 4. The van der Waals surface area contributed by atoms with E-state index < -0.39 is 0 Å². The summed E-state index contributed by atoms with van der Waals surface area (Å²) in [4.78, 5) is 4.09. The lowest BCUT2D eigenvalue weighted by atomic mass is 9.82. The lowest BCUT2D eigenvalue weighted by Crippen LogP contribution is -2.36. The molecule has 1 N–H and O–H groups in total. The maximum Gasteiger partial charge on any atom is 0.0295 e. The Labute approximate surface area is 110 Å². The topological polar surface area (TPSA) is 24.9 Å². The molecule has 3 atom stereocenters. The molecule has 0 amide bonds. The van der Waals surface area contributed by atoms with Crippen LogP contribution in [0.15, 0.2) is 24.5 Å². The molecule has 3 rings (SSSR count). The molecule has 1 aromatic heterocycles. The van der Waals surface area contributed by atoms with Gasteiger partial charge in [0, 0.05) is 24.5 Å². The molecular formula is C16H24N2. The minimum Gasteiger partial charge on any atom is -0.307 e. The van der Waals surface area contributed by atoms with Gasteiger partial charge in [0.2, 0.25) is 0 Å². The molecule has 0 aromatic carbocycles. The number of aromatic nitrogens is 1. The van der Waals surface area contributed by atoms with Gasteiger partial charge in [-0.15, -0.1) is 0 Å². The van der Waals surface area contributed by atoms with Crippen LogP contribution in [0.5, 0.6) is 0 Å². The van der Waals surface area contributed by atoms with E-state index in [1.807, 2.05) is 12.4 Å². The largest absolute Gasteiger partial charge is 0.307 e. The summed E-state index contributed by atoms with van der Waals surface area (Å²) < 4.78 is 0. The molecule has 2 fully saturated rings. The van der Waals surface area contributed by atoms with Crippen molar-refractivity contribution in [3.63, 3.8) is 0 Å². The Bertz CT molecular complexity index is 372. The van der Waals surface area contributed by atoms with Gasteiger partial charge in [0.1, 0.15) is 0 Å². The summed E-state index contributed by atoms with van der Waals surface area (Å²) in [5, 5.41) is 3.82. The molecule has 1 aromatic rings. The third-order valence-corrected chi connectivity index (χ3v) is 4.70. The van der Waals surface area contributed by atoms with Crippen LogP contribution in [0.25, 0.3) is 0 Å². The van der Waals surface area contributed by atoms with E-state index in [-0.39, 0.29) is 0 Å². The Kier molecular flexibility index (Phi) is 3.64.